The van der Waals surface area contributed by atoms with Gasteiger partial charge >= 0.3 is 5.97 Å². The lowest BCUT2D eigenvalue weighted by molar-refractivity contribution is -0.174. The van der Waals surface area contributed by atoms with Crippen molar-refractivity contribution in [3.8, 4) is 0 Å². The summed E-state index contributed by atoms with van der Waals surface area (Å²) in [6, 6.07) is 0. The van der Waals surface area contributed by atoms with Gasteiger partial charge in [0.15, 0.2) is 0 Å². The lowest BCUT2D eigenvalue weighted by Gasteiger charge is -2.56. The van der Waals surface area contributed by atoms with Crippen LogP contribution in [-0.4, -0.2) is 30.6 Å². The van der Waals surface area contributed by atoms with Gasteiger partial charge in [0, 0.05) is 12.3 Å². The normalized spacial score (nSPS) is 41.2. The molecule has 2 aliphatic rings. The Bertz CT molecular complexity index is 445. The molecular weight excluding hydrogens is 256 g/mol. The molecule has 0 spiro atoms. The Hall–Kier alpha value is -1.16. The average Bonchev–Trinajstić information content (AvgIpc) is 2.42. The van der Waals surface area contributed by atoms with E-state index >= 15 is 0 Å². The molecular formula is C16H24O4. The highest BCUT2D eigenvalue weighted by molar-refractivity contribution is 6.04. The number of aliphatic hydroxyl groups excluding tert-OH is 1. The molecule has 0 aromatic heterocycles. The molecule has 2 unspecified atom stereocenters. The number of hydrogen-bond donors (Lipinski definition) is 1. The SMILES string of the molecule is C=C1CC[C@H]2C(C)(C(=O)OC)C(=O)CCC2(C)[C@H]1CO. The molecule has 4 nitrogen and oxygen atoms in total. The number of ether oxygens (including phenoxy) is 1. The van der Waals surface area contributed by atoms with E-state index in [-0.39, 0.29) is 29.6 Å². The van der Waals surface area contributed by atoms with E-state index in [9.17, 15) is 14.7 Å². The lowest BCUT2D eigenvalue weighted by atomic mass is 9.47. The maximum absolute atomic E-state index is 12.4. The first kappa shape index (κ1) is 15.2. The van der Waals surface area contributed by atoms with E-state index in [4.69, 9.17) is 4.74 Å². The van der Waals surface area contributed by atoms with Crippen molar-refractivity contribution >= 4 is 11.8 Å². The summed E-state index contributed by atoms with van der Waals surface area (Å²) < 4.78 is 4.91. The molecule has 4 atom stereocenters. The van der Waals surface area contributed by atoms with Gasteiger partial charge in [-0.3, -0.25) is 9.59 Å². The van der Waals surface area contributed by atoms with Crippen molar-refractivity contribution in [2.24, 2.45) is 22.7 Å². The second-order valence-corrected chi connectivity index (χ2v) is 6.61. The summed E-state index contributed by atoms with van der Waals surface area (Å²) >= 11 is 0. The maximum atomic E-state index is 12.4. The number of hydrogen-bond acceptors (Lipinski definition) is 4. The van der Waals surface area contributed by atoms with E-state index in [1.54, 1.807) is 6.92 Å². The molecule has 0 aliphatic heterocycles. The number of Topliss-reactive ketones (excluding diaryl/α,β-unsaturated/α-hetero) is 1. The highest BCUT2D eigenvalue weighted by atomic mass is 16.5. The van der Waals surface area contributed by atoms with E-state index in [1.165, 1.54) is 7.11 Å². The second kappa shape index (κ2) is 4.99. The van der Waals surface area contributed by atoms with Crippen LogP contribution in [0, 0.1) is 22.7 Å². The minimum absolute atomic E-state index is 0.0251. The van der Waals surface area contributed by atoms with Gasteiger partial charge in [0.1, 0.15) is 11.2 Å². The number of ketones is 1. The van der Waals surface area contributed by atoms with Gasteiger partial charge in [0.05, 0.1) is 13.7 Å². The van der Waals surface area contributed by atoms with E-state index < -0.39 is 11.4 Å². The van der Waals surface area contributed by atoms with E-state index in [2.05, 4.69) is 13.5 Å². The Morgan fingerprint density at radius 2 is 2.10 bits per heavy atom. The highest BCUT2D eigenvalue weighted by Gasteiger charge is 2.61. The van der Waals surface area contributed by atoms with Crippen LogP contribution >= 0.6 is 0 Å². The van der Waals surface area contributed by atoms with Gasteiger partial charge in [0.25, 0.3) is 0 Å². The van der Waals surface area contributed by atoms with Gasteiger partial charge in [-0.05, 0) is 37.5 Å². The molecule has 0 amide bonds. The summed E-state index contributed by atoms with van der Waals surface area (Å²) in [7, 11) is 1.33. The van der Waals surface area contributed by atoms with Crippen LogP contribution in [0.25, 0.3) is 0 Å². The predicted octanol–water partition coefficient (Wildman–Crippen LogP) is 2.11. The van der Waals surface area contributed by atoms with Gasteiger partial charge in [-0.1, -0.05) is 19.1 Å². The number of fused-ring (bicyclic) bond motifs is 1. The number of rotatable bonds is 2. The number of methoxy groups -OCH3 is 1. The van der Waals surface area contributed by atoms with Crippen molar-refractivity contribution in [3.05, 3.63) is 12.2 Å². The number of aliphatic hydroxyl groups is 1. The van der Waals surface area contributed by atoms with Crippen LogP contribution in [0.2, 0.25) is 0 Å². The molecule has 0 heterocycles. The monoisotopic (exact) mass is 280 g/mol. The highest BCUT2D eigenvalue weighted by Crippen LogP contribution is 2.59. The van der Waals surface area contributed by atoms with Crippen molar-refractivity contribution in [2.75, 3.05) is 13.7 Å². The van der Waals surface area contributed by atoms with Crippen LogP contribution in [0.1, 0.15) is 39.5 Å². The quantitative estimate of drug-likeness (QED) is 0.478. The van der Waals surface area contributed by atoms with Crippen molar-refractivity contribution in [1.29, 1.82) is 0 Å². The summed E-state index contributed by atoms with van der Waals surface area (Å²) in [5, 5.41) is 9.74. The molecule has 0 bridgehead atoms. The van der Waals surface area contributed by atoms with E-state index in [0.29, 0.717) is 12.8 Å². The smallest absolute Gasteiger partial charge is 0.319 e. The molecule has 4 heteroatoms. The zero-order chi connectivity index (χ0) is 15.1. The maximum Gasteiger partial charge on any atom is 0.319 e. The minimum Gasteiger partial charge on any atom is -0.468 e. The fraction of sp³-hybridized carbons (Fsp3) is 0.750. The topological polar surface area (TPSA) is 63.6 Å². The summed E-state index contributed by atoms with van der Waals surface area (Å²) in [5.74, 6) is -0.608. The number of carbonyl (C=O) groups excluding carboxylic acids is 2. The van der Waals surface area contributed by atoms with Crippen molar-refractivity contribution in [3.63, 3.8) is 0 Å². The fourth-order valence-electron chi connectivity index (χ4n) is 4.48. The third-order valence-electron chi connectivity index (χ3n) is 5.80. The standard InChI is InChI=1S/C16H24O4/c1-10-5-6-12-15(2,11(10)9-17)8-7-13(18)16(12,3)14(19)20-4/h11-12,17H,1,5-9H2,2-4H3/t11-,12+,15?,16?/m0/s1. The van der Waals surface area contributed by atoms with Crippen LogP contribution in [0.15, 0.2) is 12.2 Å². The van der Waals surface area contributed by atoms with Gasteiger partial charge in [-0.15, -0.1) is 0 Å². The first-order valence-corrected chi connectivity index (χ1v) is 7.22. The molecule has 0 saturated heterocycles. The summed E-state index contributed by atoms with van der Waals surface area (Å²) in [6.45, 7) is 7.89. The molecule has 0 radical (unpaired) electrons. The van der Waals surface area contributed by atoms with Crippen molar-refractivity contribution < 1.29 is 19.4 Å². The minimum atomic E-state index is -1.09. The Morgan fingerprint density at radius 3 is 2.65 bits per heavy atom. The molecule has 2 saturated carbocycles. The third-order valence-corrected chi connectivity index (χ3v) is 5.80. The zero-order valence-corrected chi connectivity index (χ0v) is 12.6. The number of esters is 1. The first-order valence-electron chi connectivity index (χ1n) is 7.22. The van der Waals surface area contributed by atoms with Crippen LogP contribution in [-0.2, 0) is 14.3 Å². The van der Waals surface area contributed by atoms with Crippen LogP contribution in [0.4, 0.5) is 0 Å². The Labute approximate surface area is 120 Å². The van der Waals surface area contributed by atoms with Crippen LogP contribution in [0.5, 0.6) is 0 Å². The second-order valence-electron chi connectivity index (χ2n) is 6.61. The Kier molecular flexibility index (Phi) is 3.80. The number of carbonyl (C=O) groups is 2. The summed E-state index contributed by atoms with van der Waals surface area (Å²) in [6.07, 6.45) is 2.57. The average molecular weight is 280 g/mol. The zero-order valence-electron chi connectivity index (χ0n) is 12.6. The fourth-order valence-corrected chi connectivity index (χ4v) is 4.48. The molecule has 0 aromatic carbocycles. The van der Waals surface area contributed by atoms with Gasteiger partial charge in [0.2, 0.25) is 0 Å². The molecule has 2 fully saturated rings. The van der Waals surface area contributed by atoms with Crippen molar-refractivity contribution in [2.45, 2.75) is 39.5 Å². The molecule has 112 valence electrons. The molecule has 2 aliphatic carbocycles. The molecule has 1 N–H and O–H groups in total. The van der Waals surface area contributed by atoms with Gasteiger partial charge < -0.3 is 9.84 Å². The van der Waals surface area contributed by atoms with Gasteiger partial charge in [-0.2, -0.15) is 0 Å². The first-order chi connectivity index (χ1) is 9.32. The predicted molar refractivity (Wildman–Crippen MR) is 74.9 cm³/mol. The molecule has 2 rings (SSSR count). The van der Waals surface area contributed by atoms with E-state index in [1.807, 2.05) is 0 Å². The Balaban J connectivity index is 2.49. The third kappa shape index (κ3) is 1.85. The summed E-state index contributed by atoms with van der Waals surface area (Å²) in [4.78, 5) is 24.6. The molecule has 0 aromatic rings. The summed E-state index contributed by atoms with van der Waals surface area (Å²) in [5.41, 5.74) is -0.315. The van der Waals surface area contributed by atoms with E-state index in [0.717, 1.165) is 18.4 Å². The van der Waals surface area contributed by atoms with Crippen molar-refractivity contribution in [1.82, 2.24) is 0 Å². The Morgan fingerprint density at radius 1 is 1.45 bits per heavy atom. The molecule has 20 heavy (non-hydrogen) atoms. The lowest BCUT2D eigenvalue weighted by Crippen LogP contribution is -2.58. The largest absolute Gasteiger partial charge is 0.468 e. The van der Waals surface area contributed by atoms with Gasteiger partial charge in [-0.25, -0.2) is 0 Å². The van der Waals surface area contributed by atoms with Crippen LogP contribution in [0.3, 0.4) is 0 Å². The van der Waals surface area contributed by atoms with Crippen LogP contribution < -0.4 is 0 Å².